The summed E-state index contributed by atoms with van der Waals surface area (Å²) >= 11 is 4.76. The van der Waals surface area contributed by atoms with E-state index in [4.69, 9.17) is 0 Å². The SMILES string of the molecule is C=C/C(CCN(CBr)/C(=N\NC)SC(C)(C)C(=O)O)=c1/cccc/c1=C(/C)CCC. The van der Waals surface area contributed by atoms with Gasteiger partial charge in [0.15, 0.2) is 5.17 Å². The minimum absolute atomic E-state index is 0.545. The highest BCUT2D eigenvalue weighted by atomic mass is 79.9. The van der Waals surface area contributed by atoms with Crippen LogP contribution in [0.5, 0.6) is 0 Å². The molecule has 0 saturated carbocycles. The molecule has 0 amide bonds. The van der Waals surface area contributed by atoms with Crippen molar-refractivity contribution in [2.45, 2.75) is 51.7 Å². The molecule has 166 valence electrons. The lowest BCUT2D eigenvalue weighted by Crippen LogP contribution is -2.37. The topological polar surface area (TPSA) is 64.9 Å². The van der Waals surface area contributed by atoms with Crippen LogP contribution in [0, 0.1) is 0 Å². The number of amidine groups is 1. The predicted octanol–water partition coefficient (Wildman–Crippen LogP) is 4.13. The molecular formula is C23H34BrN3O2S. The van der Waals surface area contributed by atoms with Crippen LogP contribution in [-0.2, 0) is 4.79 Å². The number of alkyl halides is 1. The Morgan fingerprint density at radius 3 is 2.47 bits per heavy atom. The molecule has 1 rings (SSSR count). The molecule has 0 aliphatic heterocycles. The van der Waals surface area contributed by atoms with E-state index in [9.17, 15) is 9.90 Å². The molecule has 0 bridgehead atoms. The third-order valence-electron chi connectivity index (χ3n) is 4.74. The fourth-order valence-electron chi connectivity index (χ4n) is 2.98. The minimum atomic E-state index is -0.986. The van der Waals surface area contributed by atoms with E-state index in [1.165, 1.54) is 33.3 Å². The van der Waals surface area contributed by atoms with E-state index in [1.807, 2.05) is 11.0 Å². The smallest absolute Gasteiger partial charge is 0.319 e. The molecule has 0 aliphatic rings. The second kappa shape index (κ2) is 12.8. The van der Waals surface area contributed by atoms with Crippen molar-refractivity contribution in [1.82, 2.24) is 10.3 Å². The zero-order chi connectivity index (χ0) is 22.7. The first kappa shape index (κ1) is 26.3. The van der Waals surface area contributed by atoms with Crippen molar-refractivity contribution in [3.05, 3.63) is 47.4 Å². The number of hydrazone groups is 1. The lowest BCUT2D eigenvalue weighted by molar-refractivity contribution is -0.138. The van der Waals surface area contributed by atoms with Gasteiger partial charge in [-0.1, -0.05) is 83.5 Å². The molecule has 0 spiro atoms. The van der Waals surface area contributed by atoms with Gasteiger partial charge in [-0.15, -0.1) is 0 Å². The Morgan fingerprint density at radius 1 is 1.33 bits per heavy atom. The zero-order valence-electron chi connectivity index (χ0n) is 18.7. The van der Waals surface area contributed by atoms with Gasteiger partial charge in [0.1, 0.15) is 4.75 Å². The summed E-state index contributed by atoms with van der Waals surface area (Å²) in [6.07, 6.45) is 4.87. The highest BCUT2D eigenvalue weighted by molar-refractivity contribution is 9.09. The Hall–Kier alpha value is -1.73. The number of hydrogen-bond donors (Lipinski definition) is 2. The van der Waals surface area contributed by atoms with Gasteiger partial charge in [-0.2, -0.15) is 5.10 Å². The first-order valence-electron chi connectivity index (χ1n) is 10.1. The number of rotatable bonds is 10. The third-order valence-corrected chi connectivity index (χ3v) is 6.56. The molecule has 30 heavy (non-hydrogen) atoms. The molecule has 0 aromatic heterocycles. The van der Waals surface area contributed by atoms with Crippen LogP contribution >= 0.6 is 27.7 Å². The molecule has 5 nitrogen and oxygen atoms in total. The second-order valence-electron chi connectivity index (χ2n) is 7.47. The molecule has 0 fully saturated rings. The number of nitrogens with one attached hydrogen (secondary N) is 1. The van der Waals surface area contributed by atoms with Crippen molar-refractivity contribution in [2.75, 3.05) is 19.0 Å². The highest BCUT2D eigenvalue weighted by Crippen LogP contribution is 2.28. The van der Waals surface area contributed by atoms with E-state index >= 15 is 0 Å². The number of nitrogens with zero attached hydrogens (tertiary/aromatic N) is 2. The number of carboxylic acids is 1. The van der Waals surface area contributed by atoms with E-state index < -0.39 is 10.7 Å². The number of aliphatic carboxylic acids is 1. The average Bonchev–Trinajstić information content (AvgIpc) is 2.71. The zero-order valence-corrected chi connectivity index (χ0v) is 21.1. The second-order valence-corrected chi connectivity index (χ2v) is 9.57. The Bertz CT molecular complexity index is 881. The van der Waals surface area contributed by atoms with Gasteiger partial charge in [0.2, 0.25) is 0 Å². The summed E-state index contributed by atoms with van der Waals surface area (Å²) in [5.41, 5.74) is 5.88. The van der Waals surface area contributed by atoms with Crippen molar-refractivity contribution < 1.29 is 9.90 Å². The summed E-state index contributed by atoms with van der Waals surface area (Å²) in [5, 5.41) is 16.9. The Kier molecular flexibility index (Phi) is 11.3. The van der Waals surface area contributed by atoms with Gasteiger partial charge < -0.3 is 15.4 Å². The minimum Gasteiger partial charge on any atom is -0.480 e. The summed E-state index contributed by atoms with van der Waals surface area (Å²) in [6.45, 7) is 12.5. The molecular weight excluding hydrogens is 462 g/mol. The summed E-state index contributed by atoms with van der Waals surface area (Å²) in [6, 6.07) is 8.45. The van der Waals surface area contributed by atoms with Crippen molar-refractivity contribution in [2.24, 2.45) is 5.10 Å². The quantitative estimate of drug-likeness (QED) is 0.168. The molecule has 0 saturated heterocycles. The number of hydrogen-bond acceptors (Lipinski definition) is 4. The van der Waals surface area contributed by atoms with Crippen molar-refractivity contribution in [1.29, 1.82) is 0 Å². The van der Waals surface area contributed by atoms with Crippen LogP contribution in [0.4, 0.5) is 0 Å². The molecule has 2 N–H and O–H groups in total. The lowest BCUT2D eigenvalue weighted by Gasteiger charge is -2.27. The predicted molar refractivity (Wildman–Crippen MR) is 134 cm³/mol. The third kappa shape index (κ3) is 7.51. The Balaban J connectivity index is 3.27. The van der Waals surface area contributed by atoms with Gasteiger partial charge in [-0.05, 0) is 49.6 Å². The fourth-order valence-corrected chi connectivity index (χ4v) is 4.60. The maximum atomic E-state index is 11.6. The summed E-state index contributed by atoms with van der Waals surface area (Å²) in [7, 11) is 1.71. The number of carbonyl (C=O) groups is 1. The molecule has 0 radical (unpaired) electrons. The summed E-state index contributed by atoms with van der Waals surface area (Å²) in [4.78, 5) is 13.6. The normalized spacial score (nSPS) is 14.1. The van der Waals surface area contributed by atoms with E-state index in [2.05, 4.69) is 71.1 Å². The van der Waals surface area contributed by atoms with Gasteiger partial charge in [0, 0.05) is 13.6 Å². The average molecular weight is 497 g/mol. The lowest BCUT2D eigenvalue weighted by atomic mass is 10.0. The van der Waals surface area contributed by atoms with Crippen LogP contribution in [0.2, 0.25) is 0 Å². The number of thioether (sulfide) groups is 1. The fraction of sp³-hybridized carbons (Fsp3) is 0.478. The summed E-state index contributed by atoms with van der Waals surface area (Å²) in [5.74, 6) is -0.875. The van der Waals surface area contributed by atoms with Crippen molar-refractivity contribution in [3.63, 3.8) is 0 Å². The molecule has 0 aliphatic carbocycles. The highest BCUT2D eigenvalue weighted by Gasteiger charge is 2.32. The van der Waals surface area contributed by atoms with Crippen molar-refractivity contribution >= 4 is 50.0 Å². The van der Waals surface area contributed by atoms with Crippen LogP contribution in [0.3, 0.4) is 0 Å². The van der Waals surface area contributed by atoms with Crippen LogP contribution < -0.4 is 15.9 Å². The largest absolute Gasteiger partial charge is 0.480 e. The van der Waals surface area contributed by atoms with E-state index in [1.54, 1.807) is 20.9 Å². The number of halogens is 1. The Morgan fingerprint density at radius 2 is 1.97 bits per heavy atom. The molecule has 0 unspecified atom stereocenters. The molecule has 1 aromatic carbocycles. The van der Waals surface area contributed by atoms with Crippen LogP contribution in [0.15, 0.2) is 42.0 Å². The number of carboxylic acid groups (broad SMARTS) is 1. The maximum Gasteiger partial charge on any atom is 0.319 e. The monoisotopic (exact) mass is 495 g/mol. The standard InChI is InChI=1S/C23H34BrN3O2S/c1-7-11-17(3)19-12-9-10-13-20(19)18(8-2)14-15-27(16-24)22(26-25-6)30-23(4,5)21(28)29/h8-10,12-13,25H,2,7,11,14-16H2,1,3-6H3,(H,28,29)/b19-17+,20-18+,26-22+. The van der Waals surface area contributed by atoms with Gasteiger partial charge in [0.05, 0.1) is 5.45 Å². The van der Waals surface area contributed by atoms with Gasteiger partial charge in [-0.3, -0.25) is 4.79 Å². The van der Waals surface area contributed by atoms with Gasteiger partial charge >= 0.3 is 5.97 Å². The van der Waals surface area contributed by atoms with Gasteiger partial charge in [-0.25, -0.2) is 0 Å². The molecule has 7 heteroatoms. The van der Waals surface area contributed by atoms with Crippen LogP contribution in [-0.4, -0.2) is 44.9 Å². The van der Waals surface area contributed by atoms with Gasteiger partial charge in [0.25, 0.3) is 0 Å². The molecule has 0 heterocycles. The van der Waals surface area contributed by atoms with Crippen LogP contribution in [0.25, 0.3) is 11.1 Å². The summed E-state index contributed by atoms with van der Waals surface area (Å²) < 4.78 is -0.986. The number of allylic oxidation sites excluding steroid dienone is 1. The van der Waals surface area contributed by atoms with E-state index in [-0.39, 0.29) is 0 Å². The molecule has 1 aromatic rings. The first-order chi connectivity index (χ1) is 14.2. The Labute approximate surface area is 193 Å². The first-order valence-corrected chi connectivity index (χ1v) is 12.0. The van der Waals surface area contributed by atoms with E-state index in [0.29, 0.717) is 17.2 Å². The van der Waals surface area contributed by atoms with Crippen LogP contribution in [0.1, 0.15) is 47.0 Å². The number of benzene rings is 1. The van der Waals surface area contributed by atoms with E-state index in [0.717, 1.165) is 19.3 Å². The molecule has 0 atom stereocenters. The van der Waals surface area contributed by atoms with Crippen molar-refractivity contribution in [3.8, 4) is 0 Å². The maximum absolute atomic E-state index is 11.6.